The first kappa shape index (κ1) is 16.1. The zero-order valence-electron chi connectivity index (χ0n) is 11.6. The molecular formula is C16H16ClIN2O. The van der Waals surface area contributed by atoms with E-state index in [9.17, 15) is 4.79 Å². The average Bonchev–Trinajstić information content (AvgIpc) is 2.48. The molecule has 0 aromatic heterocycles. The summed E-state index contributed by atoms with van der Waals surface area (Å²) in [4.78, 5) is 12.2. The molecule has 0 aliphatic heterocycles. The van der Waals surface area contributed by atoms with E-state index in [2.05, 4.69) is 40.1 Å². The van der Waals surface area contributed by atoms with Crippen molar-refractivity contribution in [1.29, 1.82) is 0 Å². The van der Waals surface area contributed by atoms with E-state index in [0.717, 1.165) is 22.2 Å². The summed E-state index contributed by atoms with van der Waals surface area (Å²) in [5.41, 5.74) is 2.24. The normalized spacial score (nSPS) is 10.2. The average molecular weight is 415 g/mol. The standard InChI is InChI=1S/C16H16ClIN2O/c1-2-9-19-13-6-3-11(4-7-13)16(21)20-15-8-5-12(18)10-14(15)17/h3-8,10,19H,2,9H2,1H3,(H,20,21). The number of hydrogen-bond acceptors (Lipinski definition) is 2. The van der Waals surface area contributed by atoms with Crippen LogP contribution in [0.1, 0.15) is 23.7 Å². The van der Waals surface area contributed by atoms with E-state index < -0.39 is 0 Å². The monoisotopic (exact) mass is 414 g/mol. The maximum atomic E-state index is 12.2. The molecule has 1 amide bonds. The summed E-state index contributed by atoms with van der Waals surface area (Å²) < 4.78 is 1.03. The van der Waals surface area contributed by atoms with E-state index >= 15 is 0 Å². The third-order valence-electron chi connectivity index (χ3n) is 2.91. The molecule has 0 saturated carbocycles. The van der Waals surface area contributed by atoms with Gasteiger partial charge in [-0.15, -0.1) is 0 Å². The van der Waals surface area contributed by atoms with E-state index in [1.807, 2.05) is 24.3 Å². The molecule has 0 bridgehead atoms. The maximum Gasteiger partial charge on any atom is 0.255 e. The van der Waals surface area contributed by atoms with Crippen LogP contribution in [0.25, 0.3) is 0 Å². The fourth-order valence-corrected chi connectivity index (χ4v) is 2.70. The van der Waals surface area contributed by atoms with Crippen molar-refractivity contribution in [3.63, 3.8) is 0 Å². The quantitative estimate of drug-likeness (QED) is 0.675. The van der Waals surface area contributed by atoms with Crippen LogP contribution in [0.4, 0.5) is 11.4 Å². The Morgan fingerprint density at radius 2 is 1.90 bits per heavy atom. The van der Waals surface area contributed by atoms with Crippen LogP contribution in [0.3, 0.4) is 0 Å². The second-order valence-corrected chi connectivity index (χ2v) is 6.24. The Balaban J connectivity index is 2.06. The highest BCUT2D eigenvalue weighted by atomic mass is 127. The van der Waals surface area contributed by atoms with Gasteiger partial charge in [-0.1, -0.05) is 18.5 Å². The number of rotatable bonds is 5. The van der Waals surface area contributed by atoms with Crippen LogP contribution < -0.4 is 10.6 Å². The minimum atomic E-state index is -0.167. The maximum absolute atomic E-state index is 12.2. The third-order valence-corrected chi connectivity index (χ3v) is 3.89. The van der Waals surface area contributed by atoms with Gasteiger partial charge in [0.05, 0.1) is 10.7 Å². The van der Waals surface area contributed by atoms with Crippen LogP contribution in [0, 0.1) is 3.57 Å². The molecule has 2 N–H and O–H groups in total. The molecule has 0 aliphatic carbocycles. The Kier molecular flexibility index (Phi) is 5.87. The molecule has 5 heteroatoms. The highest BCUT2D eigenvalue weighted by Crippen LogP contribution is 2.24. The fourth-order valence-electron chi connectivity index (χ4n) is 1.79. The molecule has 2 rings (SSSR count). The zero-order valence-corrected chi connectivity index (χ0v) is 14.5. The van der Waals surface area contributed by atoms with Gasteiger partial charge in [0.15, 0.2) is 0 Å². The van der Waals surface area contributed by atoms with Gasteiger partial charge in [0.2, 0.25) is 0 Å². The van der Waals surface area contributed by atoms with Crippen molar-refractivity contribution in [2.24, 2.45) is 0 Å². The van der Waals surface area contributed by atoms with E-state index in [-0.39, 0.29) is 5.91 Å². The van der Waals surface area contributed by atoms with Gasteiger partial charge in [0.1, 0.15) is 0 Å². The van der Waals surface area contributed by atoms with Crippen molar-refractivity contribution in [2.45, 2.75) is 13.3 Å². The molecule has 0 spiro atoms. The Hall–Kier alpha value is -1.27. The Morgan fingerprint density at radius 3 is 2.52 bits per heavy atom. The number of hydrogen-bond donors (Lipinski definition) is 2. The van der Waals surface area contributed by atoms with E-state index in [1.54, 1.807) is 18.2 Å². The first-order valence-corrected chi connectivity index (χ1v) is 8.16. The lowest BCUT2D eigenvalue weighted by Crippen LogP contribution is -2.12. The van der Waals surface area contributed by atoms with E-state index in [1.165, 1.54) is 0 Å². The highest BCUT2D eigenvalue weighted by Gasteiger charge is 2.08. The predicted molar refractivity (Wildman–Crippen MR) is 97.3 cm³/mol. The Labute approximate surface area is 143 Å². The van der Waals surface area contributed by atoms with Crippen molar-refractivity contribution >= 4 is 51.5 Å². The fraction of sp³-hybridized carbons (Fsp3) is 0.188. The number of nitrogens with one attached hydrogen (secondary N) is 2. The number of halogens is 2. The van der Waals surface area contributed by atoms with E-state index in [0.29, 0.717) is 16.3 Å². The first-order valence-electron chi connectivity index (χ1n) is 6.70. The lowest BCUT2D eigenvalue weighted by molar-refractivity contribution is 0.102. The molecule has 0 unspecified atom stereocenters. The second-order valence-electron chi connectivity index (χ2n) is 4.58. The SMILES string of the molecule is CCCNc1ccc(C(=O)Nc2ccc(I)cc2Cl)cc1. The van der Waals surface area contributed by atoms with Gasteiger partial charge >= 0.3 is 0 Å². The van der Waals surface area contributed by atoms with Gasteiger partial charge in [0.25, 0.3) is 5.91 Å². The van der Waals surface area contributed by atoms with Crippen LogP contribution in [-0.2, 0) is 0 Å². The third kappa shape index (κ3) is 4.61. The molecule has 2 aromatic carbocycles. The van der Waals surface area contributed by atoms with Crippen LogP contribution in [0.5, 0.6) is 0 Å². The van der Waals surface area contributed by atoms with Crippen molar-refractivity contribution in [3.05, 3.63) is 56.6 Å². The highest BCUT2D eigenvalue weighted by molar-refractivity contribution is 14.1. The minimum Gasteiger partial charge on any atom is -0.385 e. The van der Waals surface area contributed by atoms with Crippen molar-refractivity contribution in [1.82, 2.24) is 0 Å². The summed E-state index contributed by atoms with van der Waals surface area (Å²) in [6, 6.07) is 12.9. The van der Waals surface area contributed by atoms with Crippen molar-refractivity contribution < 1.29 is 4.79 Å². The van der Waals surface area contributed by atoms with E-state index in [4.69, 9.17) is 11.6 Å². The smallest absolute Gasteiger partial charge is 0.255 e. The molecule has 21 heavy (non-hydrogen) atoms. The molecule has 0 saturated heterocycles. The lowest BCUT2D eigenvalue weighted by atomic mass is 10.2. The molecule has 2 aromatic rings. The summed E-state index contributed by atoms with van der Waals surface area (Å²) in [6.07, 6.45) is 1.06. The summed E-state index contributed by atoms with van der Waals surface area (Å²) in [5.74, 6) is -0.167. The molecule has 3 nitrogen and oxygen atoms in total. The van der Waals surface area contributed by atoms with Gasteiger partial charge in [-0.05, 0) is 71.5 Å². The van der Waals surface area contributed by atoms with Crippen LogP contribution in [0.2, 0.25) is 5.02 Å². The van der Waals surface area contributed by atoms with Crippen molar-refractivity contribution in [3.8, 4) is 0 Å². The van der Waals surface area contributed by atoms with Gasteiger partial charge in [-0.2, -0.15) is 0 Å². The van der Waals surface area contributed by atoms with Crippen LogP contribution >= 0.6 is 34.2 Å². The number of anilines is 2. The molecule has 0 fully saturated rings. The van der Waals surface area contributed by atoms with Crippen LogP contribution in [-0.4, -0.2) is 12.5 Å². The lowest BCUT2D eigenvalue weighted by Gasteiger charge is -2.09. The molecule has 0 heterocycles. The minimum absolute atomic E-state index is 0.167. The van der Waals surface area contributed by atoms with Gasteiger partial charge in [-0.3, -0.25) is 4.79 Å². The van der Waals surface area contributed by atoms with Crippen LogP contribution in [0.15, 0.2) is 42.5 Å². The summed E-state index contributed by atoms with van der Waals surface area (Å²) >= 11 is 8.29. The summed E-state index contributed by atoms with van der Waals surface area (Å²) in [6.45, 7) is 3.03. The van der Waals surface area contributed by atoms with Gasteiger partial charge in [0, 0.05) is 21.4 Å². The van der Waals surface area contributed by atoms with Crippen molar-refractivity contribution in [2.75, 3.05) is 17.2 Å². The Morgan fingerprint density at radius 1 is 1.19 bits per heavy atom. The number of amides is 1. The predicted octanol–water partition coefficient (Wildman–Crippen LogP) is 5.02. The molecule has 0 aliphatic rings. The largest absolute Gasteiger partial charge is 0.385 e. The molecule has 0 radical (unpaired) electrons. The summed E-state index contributed by atoms with van der Waals surface area (Å²) in [7, 11) is 0. The summed E-state index contributed by atoms with van der Waals surface area (Å²) in [5, 5.41) is 6.63. The molecule has 110 valence electrons. The first-order chi connectivity index (χ1) is 10.1. The Bertz CT molecular complexity index is 629. The molecule has 0 atom stereocenters. The number of carbonyl (C=O) groups excluding carboxylic acids is 1. The molecular weight excluding hydrogens is 399 g/mol. The number of carbonyl (C=O) groups is 1. The number of benzene rings is 2. The van der Waals surface area contributed by atoms with Gasteiger partial charge in [-0.25, -0.2) is 0 Å². The zero-order chi connectivity index (χ0) is 15.2. The second kappa shape index (κ2) is 7.66. The topological polar surface area (TPSA) is 41.1 Å². The van der Waals surface area contributed by atoms with Gasteiger partial charge < -0.3 is 10.6 Å².